The molecule has 0 saturated heterocycles. The van der Waals surface area contributed by atoms with Crippen LogP contribution in [0.15, 0.2) is 53.1 Å². The molecule has 0 radical (unpaired) electrons. The van der Waals surface area contributed by atoms with Crippen molar-refractivity contribution in [2.24, 2.45) is 0 Å². The Hall–Kier alpha value is -2.56. The van der Waals surface area contributed by atoms with E-state index < -0.39 is 6.04 Å². The molecule has 1 atom stereocenters. The zero-order valence-electron chi connectivity index (χ0n) is 11.1. The van der Waals surface area contributed by atoms with E-state index in [9.17, 15) is 9.59 Å². The summed E-state index contributed by atoms with van der Waals surface area (Å²) in [5.74, 6) is 0.136. The molecule has 104 valence electrons. The van der Waals surface area contributed by atoms with Crippen LogP contribution in [0.4, 0.5) is 0 Å². The smallest absolute Gasteiger partial charge is 0.251 e. The molecule has 0 aliphatic rings. The fourth-order valence-corrected chi connectivity index (χ4v) is 1.68. The normalized spacial score (nSPS) is 11.7. The summed E-state index contributed by atoms with van der Waals surface area (Å²) in [7, 11) is 0. The number of hydrogen-bond acceptors (Lipinski definition) is 3. The van der Waals surface area contributed by atoms with Gasteiger partial charge in [0.25, 0.3) is 5.91 Å². The van der Waals surface area contributed by atoms with Gasteiger partial charge in [0.2, 0.25) is 5.91 Å². The third-order valence-corrected chi connectivity index (χ3v) is 2.79. The van der Waals surface area contributed by atoms with Gasteiger partial charge in [0.05, 0.1) is 12.8 Å². The van der Waals surface area contributed by atoms with Gasteiger partial charge in [-0.2, -0.15) is 0 Å². The molecule has 5 nitrogen and oxygen atoms in total. The molecule has 1 aromatic carbocycles. The van der Waals surface area contributed by atoms with Crippen molar-refractivity contribution in [2.45, 2.75) is 19.5 Å². The van der Waals surface area contributed by atoms with E-state index in [-0.39, 0.29) is 11.8 Å². The monoisotopic (exact) mass is 272 g/mol. The maximum atomic E-state index is 11.9. The Bertz CT molecular complexity index is 564. The standard InChI is InChI=1S/C15H16N2O3/c1-11(14(18)16-10-13-8-5-9-20-13)17-15(19)12-6-3-2-4-7-12/h2-9,11H,10H2,1H3,(H,16,18)(H,17,19)/t11-/m1/s1. The Morgan fingerprint density at radius 2 is 1.90 bits per heavy atom. The maximum absolute atomic E-state index is 11.9. The summed E-state index contributed by atoms with van der Waals surface area (Å²) in [6, 6.07) is 11.7. The van der Waals surface area contributed by atoms with Crippen LogP contribution in [-0.2, 0) is 11.3 Å². The first-order chi connectivity index (χ1) is 9.66. The van der Waals surface area contributed by atoms with Crippen LogP contribution in [-0.4, -0.2) is 17.9 Å². The number of furan rings is 1. The minimum Gasteiger partial charge on any atom is -0.467 e. The van der Waals surface area contributed by atoms with E-state index in [1.807, 2.05) is 6.07 Å². The molecule has 0 unspecified atom stereocenters. The van der Waals surface area contributed by atoms with E-state index in [0.717, 1.165) is 0 Å². The summed E-state index contributed by atoms with van der Waals surface area (Å²) in [6.45, 7) is 1.94. The molecule has 2 aromatic rings. The summed E-state index contributed by atoms with van der Waals surface area (Å²) in [6.07, 6.45) is 1.54. The third kappa shape index (κ3) is 3.71. The van der Waals surface area contributed by atoms with Gasteiger partial charge in [-0.15, -0.1) is 0 Å². The average molecular weight is 272 g/mol. The van der Waals surface area contributed by atoms with Crippen LogP contribution in [0.25, 0.3) is 0 Å². The van der Waals surface area contributed by atoms with Gasteiger partial charge >= 0.3 is 0 Å². The van der Waals surface area contributed by atoms with Crippen LogP contribution >= 0.6 is 0 Å². The summed E-state index contributed by atoms with van der Waals surface area (Å²) in [5, 5.41) is 5.34. The van der Waals surface area contributed by atoms with Gasteiger partial charge in [0.1, 0.15) is 11.8 Å². The predicted octanol–water partition coefficient (Wildman–Crippen LogP) is 1.71. The fraction of sp³-hybridized carbons (Fsp3) is 0.200. The lowest BCUT2D eigenvalue weighted by atomic mass is 10.2. The quantitative estimate of drug-likeness (QED) is 0.870. The second kappa shape index (κ2) is 6.56. The maximum Gasteiger partial charge on any atom is 0.251 e. The van der Waals surface area contributed by atoms with Gasteiger partial charge in [0, 0.05) is 5.56 Å². The summed E-state index contributed by atoms with van der Waals surface area (Å²) < 4.78 is 5.11. The van der Waals surface area contributed by atoms with E-state index in [0.29, 0.717) is 17.9 Å². The predicted molar refractivity (Wildman–Crippen MR) is 73.9 cm³/mol. The van der Waals surface area contributed by atoms with Crippen LogP contribution in [0.2, 0.25) is 0 Å². The second-order valence-corrected chi connectivity index (χ2v) is 4.36. The number of nitrogens with one attached hydrogen (secondary N) is 2. The van der Waals surface area contributed by atoms with Crippen molar-refractivity contribution in [1.29, 1.82) is 0 Å². The van der Waals surface area contributed by atoms with Gasteiger partial charge in [-0.1, -0.05) is 18.2 Å². The summed E-state index contributed by atoms with van der Waals surface area (Å²) >= 11 is 0. The van der Waals surface area contributed by atoms with Crippen LogP contribution < -0.4 is 10.6 Å². The molecule has 1 heterocycles. The van der Waals surface area contributed by atoms with Crippen molar-refractivity contribution < 1.29 is 14.0 Å². The van der Waals surface area contributed by atoms with E-state index in [1.54, 1.807) is 49.6 Å². The van der Waals surface area contributed by atoms with Crippen molar-refractivity contribution in [3.05, 3.63) is 60.1 Å². The molecule has 0 fully saturated rings. The Labute approximate surface area is 117 Å². The molecule has 0 bridgehead atoms. The first-order valence-electron chi connectivity index (χ1n) is 6.33. The topological polar surface area (TPSA) is 71.3 Å². The highest BCUT2D eigenvalue weighted by atomic mass is 16.3. The molecule has 2 amide bonds. The highest BCUT2D eigenvalue weighted by Gasteiger charge is 2.16. The number of benzene rings is 1. The minimum absolute atomic E-state index is 0.259. The van der Waals surface area contributed by atoms with Crippen molar-refractivity contribution >= 4 is 11.8 Å². The largest absolute Gasteiger partial charge is 0.467 e. The molecule has 20 heavy (non-hydrogen) atoms. The summed E-state index contributed by atoms with van der Waals surface area (Å²) in [5.41, 5.74) is 0.526. The molecule has 0 saturated carbocycles. The number of carbonyl (C=O) groups is 2. The van der Waals surface area contributed by atoms with Crippen LogP contribution in [0.1, 0.15) is 23.0 Å². The number of rotatable bonds is 5. The zero-order valence-corrected chi connectivity index (χ0v) is 11.1. The van der Waals surface area contributed by atoms with E-state index >= 15 is 0 Å². The van der Waals surface area contributed by atoms with Crippen LogP contribution in [0.5, 0.6) is 0 Å². The highest BCUT2D eigenvalue weighted by molar-refractivity contribution is 5.97. The van der Waals surface area contributed by atoms with Crippen molar-refractivity contribution in [2.75, 3.05) is 0 Å². The number of hydrogen-bond donors (Lipinski definition) is 2. The molecule has 0 spiro atoms. The Kier molecular flexibility index (Phi) is 4.55. The Morgan fingerprint density at radius 1 is 1.15 bits per heavy atom. The fourth-order valence-electron chi connectivity index (χ4n) is 1.68. The second-order valence-electron chi connectivity index (χ2n) is 4.36. The van der Waals surface area contributed by atoms with Crippen molar-refractivity contribution in [1.82, 2.24) is 10.6 Å². The SMILES string of the molecule is C[C@@H](NC(=O)c1ccccc1)C(=O)NCc1ccco1. The number of carbonyl (C=O) groups excluding carboxylic acids is 2. The van der Waals surface area contributed by atoms with E-state index in [4.69, 9.17) is 4.42 Å². The third-order valence-electron chi connectivity index (χ3n) is 2.79. The Morgan fingerprint density at radius 3 is 2.55 bits per heavy atom. The first kappa shape index (κ1) is 13.9. The molecule has 2 rings (SSSR count). The molecular formula is C15H16N2O3. The minimum atomic E-state index is -0.613. The molecule has 1 aromatic heterocycles. The van der Waals surface area contributed by atoms with E-state index in [1.165, 1.54) is 0 Å². The van der Waals surface area contributed by atoms with Crippen LogP contribution in [0.3, 0.4) is 0 Å². The Balaban J connectivity index is 1.83. The molecule has 2 N–H and O–H groups in total. The highest BCUT2D eigenvalue weighted by Crippen LogP contribution is 2.00. The lowest BCUT2D eigenvalue weighted by Gasteiger charge is -2.13. The lowest BCUT2D eigenvalue weighted by Crippen LogP contribution is -2.44. The number of amides is 2. The van der Waals surface area contributed by atoms with Gasteiger partial charge in [-0.25, -0.2) is 0 Å². The lowest BCUT2D eigenvalue weighted by molar-refractivity contribution is -0.122. The van der Waals surface area contributed by atoms with Crippen LogP contribution in [0, 0.1) is 0 Å². The van der Waals surface area contributed by atoms with Gasteiger partial charge < -0.3 is 15.1 Å². The zero-order chi connectivity index (χ0) is 14.4. The molecular weight excluding hydrogens is 256 g/mol. The van der Waals surface area contributed by atoms with E-state index in [2.05, 4.69) is 10.6 Å². The molecule has 0 aliphatic heterocycles. The van der Waals surface area contributed by atoms with Gasteiger partial charge in [-0.3, -0.25) is 9.59 Å². The summed E-state index contributed by atoms with van der Waals surface area (Å²) in [4.78, 5) is 23.7. The van der Waals surface area contributed by atoms with Gasteiger partial charge in [0.15, 0.2) is 0 Å². The first-order valence-corrected chi connectivity index (χ1v) is 6.33. The molecule has 0 aliphatic carbocycles. The average Bonchev–Trinajstić information content (AvgIpc) is 2.98. The van der Waals surface area contributed by atoms with Crippen molar-refractivity contribution in [3.63, 3.8) is 0 Å². The van der Waals surface area contributed by atoms with Crippen molar-refractivity contribution in [3.8, 4) is 0 Å². The van der Waals surface area contributed by atoms with Gasteiger partial charge in [-0.05, 0) is 31.2 Å². The molecule has 5 heteroatoms.